The number of halogens is 1. The molecule has 2 heterocycles. The average Bonchev–Trinajstić information content (AvgIpc) is 2.86. The minimum Gasteiger partial charge on any atom is -0.493 e. The minimum absolute atomic E-state index is 0.232. The van der Waals surface area contributed by atoms with E-state index < -0.39 is 0 Å². The number of benzene rings is 1. The van der Waals surface area contributed by atoms with Crippen molar-refractivity contribution in [3.05, 3.63) is 52.4 Å². The molecule has 0 fully saturated rings. The Morgan fingerprint density at radius 3 is 2.86 bits per heavy atom. The fourth-order valence-corrected chi connectivity index (χ4v) is 2.70. The summed E-state index contributed by atoms with van der Waals surface area (Å²) in [4.78, 5) is 17.2. The molecule has 5 nitrogen and oxygen atoms in total. The van der Waals surface area contributed by atoms with Gasteiger partial charge in [-0.3, -0.25) is 9.48 Å². The first-order valence-electron chi connectivity index (χ1n) is 6.28. The van der Waals surface area contributed by atoms with E-state index in [4.69, 9.17) is 4.74 Å². The molecule has 0 saturated carbocycles. The van der Waals surface area contributed by atoms with Crippen LogP contribution in [0, 0.1) is 0 Å². The zero-order valence-corrected chi connectivity index (χ0v) is 13.1. The van der Waals surface area contributed by atoms with Gasteiger partial charge in [0.2, 0.25) is 5.78 Å². The van der Waals surface area contributed by atoms with E-state index in [9.17, 15) is 4.79 Å². The van der Waals surface area contributed by atoms with Crippen molar-refractivity contribution in [1.82, 2.24) is 14.8 Å². The molecule has 0 radical (unpaired) electrons. The van der Waals surface area contributed by atoms with Crippen molar-refractivity contribution in [2.24, 2.45) is 7.05 Å². The second kappa shape index (κ2) is 5.29. The number of methoxy groups -OCH3 is 1. The van der Waals surface area contributed by atoms with Crippen LogP contribution in [0.5, 0.6) is 5.75 Å². The molecule has 6 heteroatoms. The Labute approximate surface area is 129 Å². The first-order chi connectivity index (χ1) is 10.1. The minimum atomic E-state index is -0.232. The molecule has 0 atom stereocenters. The molecule has 106 valence electrons. The molecule has 2 aromatic heterocycles. The average molecular weight is 346 g/mol. The predicted octanol–water partition coefficient (Wildman–Crippen LogP) is 2.97. The summed E-state index contributed by atoms with van der Waals surface area (Å²) in [6, 6.07) is 9.54. The Hall–Kier alpha value is -2.21. The Bertz CT molecular complexity index is 842. The molecule has 0 unspecified atom stereocenters. The van der Waals surface area contributed by atoms with E-state index in [1.807, 2.05) is 30.3 Å². The van der Waals surface area contributed by atoms with Crippen LogP contribution in [0.25, 0.3) is 10.9 Å². The zero-order valence-electron chi connectivity index (χ0n) is 11.5. The highest BCUT2D eigenvalue weighted by atomic mass is 79.9. The third-order valence-electron chi connectivity index (χ3n) is 3.23. The van der Waals surface area contributed by atoms with Gasteiger partial charge in [-0.15, -0.1) is 0 Å². The van der Waals surface area contributed by atoms with Crippen LogP contribution in [-0.2, 0) is 7.05 Å². The van der Waals surface area contributed by atoms with Crippen LogP contribution in [-0.4, -0.2) is 27.7 Å². The number of fused-ring (bicyclic) bond motifs is 1. The molecule has 21 heavy (non-hydrogen) atoms. The van der Waals surface area contributed by atoms with E-state index in [2.05, 4.69) is 26.0 Å². The molecule has 0 saturated heterocycles. The fourth-order valence-electron chi connectivity index (χ4n) is 2.19. The van der Waals surface area contributed by atoms with Crippen LogP contribution in [0.3, 0.4) is 0 Å². The molecule has 0 bridgehead atoms. The van der Waals surface area contributed by atoms with Gasteiger partial charge in [-0.05, 0) is 28.1 Å². The quantitative estimate of drug-likeness (QED) is 0.684. The standard InChI is InChI=1S/C15H12BrN3O2/c1-19-14(12(21-2)8-17-19)15(20)13-10(16)7-9-5-3-4-6-11(9)18-13/h3-8H,1-2H3. The Balaban J connectivity index is 2.17. The third-order valence-corrected chi connectivity index (χ3v) is 3.84. The van der Waals surface area contributed by atoms with Crippen LogP contribution >= 0.6 is 15.9 Å². The molecule has 3 rings (SSSR count). The Morgan fingerprint density at radius 1 is 1.33 bits per heavy atom. The largest absolute Gasteiger partial charge is 0.493 e. The number of para-hydroxylation sites is 1. The fraction of sp³-hybridized carbons (Fsp3) is 0.133. The Morgan fingerprint density at radius 2 is 2.10 bits per heavy atom. The van der Waals surface area contributed by atoms with Gasteiger partial charge in [-0.2, -0.15) is 5.10 Å². The lowest BCUT2D eigenvalue weighted by atomic mass is 10.1. The number of pyridine rings is 1. The lowest BCUT2D eigenvalue weighted by Crippen LogP contribution is -2.12. The van der Waals surface area contributed by atoms with Crippen molar-refractivity contribution < 1.29 is 9.53 Å². The number of aryl methyl sites for hydroxylation is 1. The molecule has 0 aliphatic rings. The number of carbonyl (C=O) groups is 1. The third kappa shape index (κ3) is 2.31. The Kier molecular flexibility index (Phi) is 3.47. The highest BCUT2D eigenvalue weighted by Crippen LogP contribution is 2.26. The molecule has 0 spiro atoms. The number of ketones is 1. The molecule has 0 amide bonds. The van der Waals surface area contributed by atoms with Gasteiger partial charge >= 0.3 is 0 Å². The summed E-state index contributed by atoms with van der Waals surface area (Å²) in [5, 5.41) is 5.02. The number of hydrogen-bond donors (Lipinski definition) is 0. The summed E-state index contributed by atoms with van der Waals surface area (Å²) < 4.78 is 7.33. The van der Waals surface area contributed by atoms with E-state index >= 15 is 0 Å². The first kappa shape index (κ1) is 13.8. The maximum absolute atomic E-state index is 12.7. The SMILES string of the molecule is COc1cnn(C)c1C(=O)c1nc2ccccc2cc1Br. The molecule has 0 aliphatic carbocycles. The zero-order chi connectivity index (χ0) is 15.0. The number of nitrogens with zero attached hydrogens (tertiary/aromatic N) is 3. The van der Waals surface area contributed by atoms with Crippen molar-refractivity contribution >= 4 is 32.6 Å². The van der Waals surface area contributed by atoms with Crippen LogP contribution in [0.4, 0.5) is 0 Å². The van der Waals surface area contributed by atoms with E-state index in [-0.39, 0.29) is 5.78 Å². The second-order valence-corrected chi connectivity index (χ2v) is 5.38. The van der Waals surface area contributed by atoms with E-state index in [0.29, 0.717) is 21.6 Å². The van der Waals surface area contributed by atoms with Crippen LogP contribution in [0.15, 0.2) is 41.0 Å². The molecular formula is C15H12BrN3O2. The number of hydrogen-bond acceptors (Lipinski definition) is 4. The van der Waals surface area contributed by atoms with E-state index in [1.54, 1.807) is 7.05 Å². The first-order valence-corrected chi connectivity index (χ1v) is 7.07. The van der Waals surface area contributed by atoms with Crippen molar-refractivity contribution in [2.75, 3.05) is 7.11 Å². The number of carbonyl (C=O) groups excluding carboxylic acids is 1. The highest BCUT2D eigenvalue weighted by molar-refractivity contribution is 9.10. The smallest absolute Gasteiger partial charge is 0.234 e. The van der Waals surface area contributed by atoms with Gasteiger partial charge < -0.3 is 4.74 Å². The van der Waals surface area contributed by atoms with Gasteiger partial charge in [-0.1, -0.05) is 18.2 Å². The predicted molar refractivity (Wildman–Crippen MR) is 82.6 cm³/mol. The molecule has 1 aromatic carbocycles. The maximum Gasteiger partial charge on any atom is 0.234 e. The van der Waals surface area contributed by atoms with Crippen LogP contribution in [0.2, 0.25) is 0 Å². The summed E-state index contributed by atoms with van der Waals surface area (Å²) in [7, 11) is 3.21. The molecule has 0 aliphatic heterocycles. The van der Waals surface area contributed by atoms with Gasteiger partial charge in [0.15, 0.2) is 11.4 Å². The summed E-state index contributed by atoms with van der Waals surface area (Å²) in [5.41, 5.74) is 1.49. The lowest BCUT2D eigenvalue weighted by molar-refractivity contribution is 0.102. The summed E-state index contributed by atoms with van der Waals surface area (Å²) >= 11 is 3.42. The number of ether oxygens (including phenoxy) is 1. The maximum atomic E-state index is 12.7. The number of rotatable bonds is 3. The lowest BCUT2D eigenvalue weighted by Gasteiger charge is -2.07. The van der Waals surface area contributed by atoms with Crippen LogP contribution in [0.1, 0.15) is 16.2 Å². The van der Waals surface area contributed by atoms with Crippen LogP contribution < -0.4 is 4.74 Å². The number of aromatic nitrogens is 3. The van der Waals surface area contributed by atoms with Crippen molar-refractivity contribution in [2.45, 2.75) is 0 Å². The van der Waals surface area contributed by atoms with Gasteiger partial charge in [0.25, 0.3) is 0 Å². The normalized spacial score (nSPS) is 10.8. The topological polar surface area (TPSA) is 57.0 Å². The second-order valence-electron chi connectivity index (χ2n) is 4.53. The van der Waals surface area contributed by atoms with Gasteiger partial charge in [0.05, 0.1) is 18.8 Å². The summed E-state index contributed by atoms with van der Waals surface area (Å²) in [5.74, 6) is 0.203. The monoisotopic (exact) mass is 345 g/mol. The van der Waals surface area contributed by atoms with Gasteiger partial charge in [0, 0.05) is 16.9 Å². The van der Waals surface area contributed by atoms with Gasteiger partial charge in [0.1, 0.15) is 5.69 Å². The summed E-state index contributed by atoms with van der Waals surface area (Å²) in [6.45, 7) is 0. The van der Waals surface area contributed by atoms with E-state index in [0.717, 1.165) is 10.9 Å². The molecular weight excluding hydrogens is 334 g/mol. The van der Waals surface area contributed by atoms with Gasteiger partial charge in [-0.25, -0.2) is 4.98 Å². The molecule has 3 aromatic rings. The van der Waals surface area contributed by atoms with Crippen molar-refractivity contribution in [3.8, 4) is 5.75 Å². The summed E-state index contributed by atoms with van der Waals surface area (Å²) in [6.07, 6.45) is 1.52. The highest BCUT2D eigenvalue weighted by Gasteiger charge is 2.23. The van der Waals surface area contributed by atoms with Crippen molar-refractivity contribution in [3.63, 3.8) is 0 Å². The van der Waals surface area contributed by atoms with E-state index in [1.165, 1.54) is 18.0 Å². The van der Waals surface area contributed by atoms with Crippen molar-refractivity contribution in [1.29, 1.82) is 0 Å². The molecule has 0 N–H and O–H groups in total.